The first-order chi connectivity index (χ1) is 8.80. The molecule has 1 aromatic rings. The normalized spacial score (nSPS) is 19.6. The van der Waals surface area contributed by atoms with Crippen LogP contribution in [0.5, 0.6) is 11.5 Å². The zero-order valence-corrected chi connectivity index (χ0v) is 12.1. The minimum absolute atomic E-state index is 0.449. The third-order valence-electron chi connectivity index (χ3n) is 3.40. The van der Waals surface area contributed by atoms with E-state index in [1.54, 1.807) is 26.0 Å². The van der Waals surface area contributed by atoms with Crippen molar-refractivity contribution in [3.05, 3.63) is 17.7 Å². The maximum Gasteiger partial charge on any atom is 0.174 e. The van der Waals surface area contributed by atoms with Crippen LogP contribution in [0.25, 0.3) is 0 Å². The molecule has 0 aromatic heterocycles. The Balaban J connectivity index is 2.35. The summed E-state index contributed by atoms with van der Waals surface area (Å²) < 4.78 is 10.9. The maximum absolute atomic E-state index is 5.44. The van der Waals surface area contributed by atoms with E-state index in [9.17, 15) is 0 Å². The fraction of sp³-hybridized carbons (Fsp3) is 0.571. The number of hydrogen-bond donors (Lipinski definition) is 1. The minimum atomic E-state index is 0.449. The van der Waals surface area contributed by atoms with E-state index in [0.29, 0.717) is 6.04 Å². The van der Waals surface area contributed by atoms with Crippen molar-refractivity contribution in [1.82, 2.24) is 5.32 Å². The summed E-state index contributed by atoms with van der Waals surface area (Å²) in [7, 11) is 3.39. The average molecular weight is 267 g/mol. The summed E-state index contributed by atoms with van der Waals surface area (Å²) in [5.41, 5.74) is 1.30. The number of ether oxygens (including phenoxy) is 2. The number of piperidine rings is 1. The van der Waals surface area contributed by atoms with Crippen molar-refractivity contribution in [3.8, 4) is 11.5 Å². The third-order valence-corrected chi connectivity index (χ3v) is 4.14. The van der Waals surface area contributed by atoms with Gasteiger partial charge in [-0.25, -0.2) is 0 Å². The number of rotatable bonds is 4. The quantitative estimate of drug-likeness (QED) is 0.848. The Morgan fingerprint density at radius 3 is 2.61 bits per heavy atom. The van der Waals surface area contributed by atoms with Gasteiger partial charge in [-0.15, -0.1) is 11.8 Å². The van der Waals surface area contributed by atoms with Gasteiger partial charge in [0.2, 0.25) is 0 Å². The summed E-state index contributed by atoms with van der Waals surface area (Å²) in [5.74, 6) is 1.66. The van der Waals surface area contributed by atoms with Crippen LogP contribution in [-0.2, 0) is 0 Å². The Labute approximate surface area is 113 Å². The van der Waals surface area contributed by atoms with Crippen molar-refractivity contribution in [2.75, 3.05) is 27.0 Å². The number of thioether (sulfide) groups is 1. The Kier molecular flexibility index (Phi) is 4.78. The average Bonchev–Trinajstić information content (AvgIpc) is 2.46. The summed E-state index contributed by atoms with van der Waals surface area (Å²) in [5, 5.41) is 3.57. The SMILES string of the molecule is COc1cc(C2CCCCN2)cc(SC)c1OC. The van der Waals surface area contributed by atoms with Crippen molar-refractivity contribution < 1.29 is 9.47 Å². The fourth-order valence-electron chi connectivity index (χ4n) is 2.44. The molecule has 0 aliphatic carbocycles. The molecule has 1 aliphatic heterocycles. The molecule has 18 heavy (non-hydrogen) atoms. The molecule has 1 heterocycles. The van der Waals surface area contributed by atoms with E-state index in [-0.39, 0.29) is 0 Å². The molecule has 2 rings (SSSR count). The topological polar surface area (TPSA) is 30.5 Å². The van der Waals surface area contributed by atoms with Crippen LogP contribution in [0.1, 0.15) is 30.9 Å². The van der Waals surface area contributed by atoms with E-state index in [0.717, 1.165) is 22.9 Å². The van der Waals surface area contributed by atoms with Crippen LogP contribution < -0.4 is 14.8 Å². The molecule has 100 valence electrons. The van der Waals surface area contributed by atoms with Gasteiger partial charge in [-0.05, 0) is 43.3 Å². The Bertz CT molecular complexity index is 378. The van der Waals surface area contributed by atoms with E-state index in [1.165, 1.54) is 24.8 Å². The van der Waals surface area contributed by atoms with E-state index >= 15 is 0 Å². The van der Waals surface area contributed by atoms with Gasteiger partial charge < -0.3 is 14.8 Å². The number of hydrogen-bond acceptors (Lipinski definition) is 4. The molecule has 0 bridgehead atoms. The summed E-state index contributed by atoms with van der Waals surface area (Å²) in [6.45, 7) is 1.10. The lowest BCUT2D eigenvalue weighted by Crippen LogP contribution is -2.26. The zero-order valence-electron chi connectivity index (χ0n) is 11.3. The van der Waals surface area contributed by atoms with E-state index in [1.807, 2.05) is 0 Å². The van der Waals surface area contributed by atoms with Crippen molar-refractivity contribution in [3.63, 3.8) is 0 Å². The molecule has 0 saturated carbocycles. The molecule has 1 N–H and O–H groups in total. The van der Waals surface area contributed by atoms with Crippen LogP contribution >= 0.6 is 11.8 Å². The minimum Gasteiger partial charge on any atom is -0.493 e. The predicted octanol–water partition coefficient (Wildman–Crippen LogP) is 3.24. The first-order valence-corrected chi connectivity index (χ1v) is 7.56. The lowest BCUT2D eigenvalue weighted by Gasteiger charge is -2.25. The van der Waals surface area contributed by atoms with Gasteiger partial charge in [0.05, 0.1) is 19.1 Å². The highest BCUT2D eigenvalue weighted by atomic mass is 32.2. The van der Waals surface area contributed by atoms with E-state index in [4.69, 9.17) is 9.47 Å². The molecule has 1 unspecified atom stereocenters. The second-order valence-electron chi connectivity index (χ2n) is 4.46. The van der Waals surface area contributed by atoms with Gasteiger partial charge in [-0.1, -0.05) is 6.42 Å². The second kappa shape index (κ2) is 6.34. The highest BCUT2D eigenvalue weighted by Gasteiger charge is 2.19. The highest BCUT2D eigenvalue weighted by Crippen LogP contribution is 2.40. The molecule has 1 atom stereocenters. The fourth-order valence-corrected chi connectivity index (χ4v) is 3.06. The molecule has 0 spiro atoms. The van der Waals surface area contributed by atoms with Gasteiger partial charge >= 0.3 is 0 Å². The molecule has 1 aliphatic rings. The molecule has 1 saturated heterocycles. The monoisotopic (exact) mass is 267 g/mol. The summed E-state index contributed by atoms with van der Waals surface area (Å²) in [4.78, 5) is 1.14. The van der Waals surface area contributed by atoms with Crippen molar-refractivity contribution in [2.45, 2.75) is 30.2 Å². The lowest BCUT2D eigenvalue weighted by molar-refractivity contribution is 0.345. The smallest absolute Gasteiger partial charge is 0.174 e. The molecule has 0 amide bonds. The van der Waals surface area contributed by atoms with Crippen LogP contribution in [0.4, 0.5) is 0 Å². The van der Waals surface area contributed by atoms with Crippen LogP contribution in [0, 0.1) is 0 Å². The van der Waals surface area contributed by atoms with E-state index < -0.39 is 0 Å². The molecule has 1 aromatic carbocycles. The number of methoxy groups -OCH3 is 2. The highest BCUT2D eigenvalue weighted by molar-refractivity contribution is 7.98. The van der Waals surface area contributed by atoms with Crippen molar-refractivity contribution >= 4 is 11.8 Å². The summed E-state index contributed by atoms with van der Waals surface area (Å²) in [6.07, 6.45) is 5.83. The standard InChI is InChI=1S/C14H21NO2S/c1-16-12-8-10(11-6-4-5-7-15-11)9-13(18-3)14(12)17-2/h8-9,11,15H,4-7H2,1-3H3. The number of nitrogens with one attached hydrogen (secondary N) is 1. The predicted molar refractivity (Wildman–Crippen MR) is 75.9 cm³/mol. The van der Waals surface area contributed by atoms with Gasteiger partial charge in [0, 0.05) is 6.04 Å². The zero-order chi connectivity index (χ0) is 13.0. The Morgan fingerprint density at radius 1 is 1.22 bits per heavy atom. The molecular weight excluding hydrogens is 246 g/mol. The van der Waals surface area contributed by atoms with Gasteiger partial charge in [0.1, 0.15) is 0 Å². The van der Waals surface area contributed by atoms with Crippen LogP contribution in [-0.4, -0.2) is 27.0 Å². The summed E-state index contributed by atoms with van der Waals surface area (Å²) in [6, 6.07) is 4.76. The largest absolute Gasteiger partial charge is 0.493 e. The molecule has 4 heteroatoms. The van der Waals surface area contributed by atoms with Gasteiger partial charge in [0.15, 0.2) is 11.5 Å². The first-order valence-electron chi connectivity index (χ1n) is 6.33. The molecule has 1 fully saturated rings. The molecule has 0 radical (unpaired) electrons. The molecular formula is C14H21NO2S. The van der Waals surface area contributed by atoms with Gasteiger partial charge in [0.25, 0.3) is 0 Å². The van der Waals surface area contributed by atoms with Crippen molar-refractivity contribution in [2.24, 2.45) is 0 Å². The summed E-state index contributed by atoms with van der Waals surface area (Å²) >= 11 is 1.69. The van der Waals surface area contributed by atoms with Crippen LogP contribution in [0.3, 0.4) is 0 Å². The first kappa shape index (κ1) is 13.6. The lowest BCUT2D eigenvalue weighted by atomic mass is 9.97. The van der Waals surface area contributed by atoms with E-state index in [2.05, 4.69) is 23.7 Å². The maximum atomic E-state index is 5.44. The number of benzene rings is 1. The van der Waals surface area contributed by atoms with Crippen LogP contribution in [0.15, 0.2) is 17.0 Å². The third kappa shape index (κ3) is 2.75. The Morgan fingerprint density at radius 2 is 2.06 bits per heavy atom. The van der Waals surface area contributed by atoms with Gasteiger partial charge in [-0.2, -0.15) is 0 Å². The molecule has 3 nitrogen and oxygen atoms in total. The Hall–Kier alpha value is -0.870. The van der Waals surface area contributed by atoms with Crippen LogP contribution in [0.2, 0.25) is 0 Å². The van der Waals surface area contributed by atoms with Gasteiger partial charge in [-0.3, -0.25) is 0 Å². The second-order valence-corrected chi connectivity index (χ2v) is 5.31. The van der Waals surface area contributed by atoms with Crippen molar-refractivity contribution in [1.29, 1.82) is 0 Å².